The smallest absolute Gasteiger partial charge is 0.311 e. The second-order valence-electron chi connectivity index (χ2n) is 4.37. The average molecular weight is 244 g/mol. The summed E-state index contributed by atoms with van der Waals surface area (Å²) in [6, 6.07) is 0. The molecular formula is C12H20O5. The summed E-state index contributed by atoms with van der Waals surface area (Å²) in [7, 11) is 0. The maximum Gasteiger partial charge on any atom is 0.311 e. The van der Waals surface area contributed by atoms with Crippen LogP contribution in [0.25, 0.3) is 0 Å². The summed E-state index contributed by atoms with van der Waals surface area (Å²) in [5.41, 5.74) is 0. The molecule has 5 nitrogen and oxygen atoms in total. The van der Waals surface area contributed by atoms with Gasteiger partial charge < -0.3 is 9.47 Å². The highest BCUT2D eigenvalue weighted by atomic mass is 16.7. The number of rotatable bonds is 7. The third-order valence-electron chi connectivity index (χ3n) is 2.11. The van der Waals surface area contributed by atoms with Crippen LogP contribution in [-0.4, -0.2) is 24.5 Å². The first-order valence-electron chi connectivity index (χ1n) is 5.69. The molecule has 17 heavy (non-hydrogen) atoms. The van der Waals surface area contributed by atoms with E-state index in [1.54, 1.807) is 27.7 Å². The van der Waals surface area contributed by atoms with Crippen LogP contribution in [-0.2, 0) is 23.9 Å². The van der Waals surface area contributed by atoms with Gasteiger partial charge in [0.05, 0.1) is 12.3 Å². The monoisotopic (exact) mass is 244 g/mol. The molecule has 0 aliphatic carbocycles. The van der Waals surface area contributed by atoms with Gasteiger partial charge in [0.2, 0.25) is 6.79 Å². The maximum atomic E-state index is 11.2. The number of ketones is 1. The van der Waals surface area contributed by atoms with Crippen LogP contribution in [0.4, 0.5) is 0 Å². The third-order valence-corrected chi connectivity index (χ3v) is 2.11. The Labute approximate surface area is 101 Å². The van der Waals surface area contributed by atoms with E-state index >= 15 is 0 Å². The van der Waals surface area contributed by atoms with Crippen LogP contribution in [0.5, 0.6) is 0 Å². The minimum absolute atomic E-state index is 0.0149. The number of hydrogen-bond donors (Lipinski definition) is 0. The predicted octanol–water partition coefficient (Wildman–Crippen LogP) is 1.69. The normalized spacial score (nSPS) is 10.5. The van der Waals surface area contributed by atoms with Gasteiger partial charge in [0, 0.05) is 12.3 Å². The van der Waals surface area contributed by atoms with Crippen LogP contribution in [0.3, 0.4) is 0 Å². The van der Waals surface area contributed by atoms with E-state index in [0.29, 0.717) is 0 Å². The van der Waals surface area contributed by atoms with Crippen molar-refractivity contribution in [3.8, 4) is 0 Å². The molecule has 0 bridgehead atoms. The second kappa shape index (κ2) is 7.81. The quantitative estimate of drug-likeness (QED) is 0.503. The fraction of sp³-hybridized carbons (Fsp3) is 0.750. The standard InChI is InChI=1S/C12H20O5/c1-8(2)10(13)5-6-11(14)16-7-17-12(15)9(3)4/h8-9H,5-7H2,1-4H3. The molecule has 0 atom stereocenters. The van der Waals surface area contributed by atoms with E-state index in [2.05, 4.69) is 9.47 Å². The minimum Gasteiger partial charge on any atom is -0.428 e. The van der Waals surface area contributed by atoms with Gasteiger partial charge in [-0.15, -0.1) is 0 Å². The number of ether oxygens (including phenoxy) is 2. The summed E-state index contributed by atoms with van der Waals surface area (Å²) in [5.74, 6) is -1.27. The summed E-state index contributed by atoms with van der Waals surface area (Å²) in [4.78, 5) is 33.4. The topological polar surface area (TPSA) is 69.7 Å². The number of Topliss-reactive ketones (excluding diaryl/α,β-unsaturated/α-hetero) is 1. The van der Waals surface area contributed by atoms with E-state index in [1.165, 1.54) is 0 Å². The van der Waals surface area contributed by atoms with Crippen molar-refractivity contribution in [3.63, 3.8) is 0 Å². The molecule has 0 spiro atoms. The van der Waals surface area contributed by atoms with Crippen LogP contribution in [0, 0.1) is 11.8 Å². The first-order valence-corrected chi connectivity index (χ1v) is 5.69. The highest BCUT2D eigenvalue weighted by molar-refractivity contribution is 5.84. The van der Waals surface area contributed by atoms with Gasteiger partial charge in [-0.05, 0) is 0 Å². The lowest BCUT2D eigenvalue weighted by atomic mass is 10.1. The number of carbonyl (C=O) groups excluding carboxylic acids is 3. The van der Waals surface area contributed by atoms with Crippen LogP contribution >= 0.6 is 0 Å². The van der Waals surface area contributed by atoms with Crippen LogP contribution in [0.1, 0.15) is 40.5 Å². The molecule has 0 aromatic rings. The molecule has 0 unspecified atom stereocenters. The maximum absolute atomic E-state index is 11.2. The van der Waals surface area contributed by atoms with E-state index in [-0.39, 0.29) is 37.3 Å². The fourth-order valence-electron chi connectivity index (χ4n) is 0.906. The molecule has 0 rings (SSSR count). The molecule has 0 radical (unpaired) electrons. The lowest BCUT2D eigenvalue weighted by Crippen LogP contribution is -2.17. The Morgan fingerprint density at radius 3 is 1.94 bits per heavy atom. The predicted molar refractivity (Wildman–Crippen MR) is 61.0 cm³/mol. The van der Waals surface area contributed by atoms with Crippen molar-refractivity contribution >= 4 is 17.7 Å². The van der Waals surface area contributed by atoms with E-state index in [0.717, 1.165) is 0 Å². The van der Waals surface area contributed by atoms with Crippen LogP contribution in [0.15, 0.2) is 0 Å². The van der Waals surface area contributed by atoms with Crippen molar-refractivity contribution in [1.82, 2.24) is 0 Å². The lowest BCUT2D eigenvalue weighted by molar-refractivity contribution is -0.169. The summed E-state index contributed by atoms with van der Waals surface area (Å²) in [5, 5.41) is 0. The zero-order chi connectivity index (χ0) is 13.4. The van der Waals surface area contributed by atoms with Gasteiger partial charge in [-0.25, -0.2) is 0 Å². The molecule has 0 heterocycles. The molecule has 0 saturated heterocycles. The van der Waals surface area contributed by atoms with Gasteiger partial charge in [0.15, 0.2) is 0 Å². The summed E-state index contributed by atoms with van der Waals surface area (Å²) in [6.45, 7) is 6.54. The summed E-state index contributed by atoms with van der Waals surface area (Å²) in [6.07, 6.45) is 0.185. The first-order chi connectivity index (χ1) is 7.84. The van der Waals surface area contributed by atoms with Crippen molar-refractivity contribution in [3.05, 3.63) is 0 Å². The van der Waals surface area contributed by atoms with E-state index in [4.69, 9.17) is 0 Å². The fourth-order valence-corrected chi connectivity index (χ4v) is 0.906. The Hall–Kier alpha value is -1.39. The van der Waals surface area contributed by atoms with E-state index in [9.17, 15) is 14.4 Å². The average Bonchev–Trinajstić information content (AvgIpc) is 2.25. The molecule has 5 heteroatoms. The van der Waals surface area contributed by atoms with Crippen molar-refractivity contribution < 1.29 is 23.9 Å². The lowest BCUT2D eigenvalue weighted by Gasteiger charge is -2.08. The molecule has 0 aliphatic heterocycles. The van der Waals surface area contributed by atoms with Gasteiger partial charge in [0.1, 0.15) is 5.78 Å². The minimum atomic E-state index is -0.532. The Morgan fingerprint density at radius 2 is 1.47 bits per heavy atom. The molecule has 98 valence electrons. The molecule has 0 N–H and O–H groups in total. The van der Waals surface area contributed by atoms with Crippen LogP contribution < -0.4 is 0 Å². The van der Waals surface area contributed by atoms with Gasteiger partial charge in [-0.1, -0.05) is 27.7 Å². The Kier molecular flexibility index (Phi) is 7.18. The van der Waals surface area contributed by atoms with Crippen molar-refractivity contribution in [2.45, 2.75) is 40.5 Å². The van der Waals surface area contributed by atoms with E-state index in [1.807, 2.05) is 0 Å². The zero-order valence-corrected chi connectivity index (χ0v) is 10.8. The molecule has 0 aromatic carbocycles. The molecule has 0 fully saturated rings. The van der Waals surface area contributed by atoms with Crippen molar-refractivity contribution in [2.75, 3.05) is 6.79 Å². The Bertz CT molecular complexity index is 281. The molecule has 0 aromatic heterocycles. The second-order valence-corrected chi connectivity index (χ2v) is 4.37. The van der Waals surface area contributed by atoms with Gasteiger partial charge in [-0.2, -0.15) is 0 Å². The van der Waals surface area contributed by atoms with Crippen molar-refractivity contribution in [1.29, 1.82) is 0 Å². The molecule has 0 saturated carbocycles. The van der Waals surface area contributed by atoms with Gasteiger partial charge in [0.25, 0.3) is 0 Å². The van der Waals surface area contributed by atoms with Gasteiger partial charge >= 0.3 is 11.9 Å². The largest absolute Gasteiger partial charge is 0.428 e. The number of hydrogen-bond acceptors (Lipinski definition) is 5. The highest BCUT2D eigenvalue weighted by Gasteiger charge is 2.12. The molecule has 0 amide bonds. The molecule has 0 aliphatic rings. The van der Waals surface area contributed by atoms with Crippen molar-refractivity contribution in [2.24, 2.45) is 11.8 Å². The number of esters is 2. The summed E-state index contributed by atoms with van der Waals surface area (Å²) < 4.78 is 9.32. The Balaban J connectivity index is 3.67. The molecular weight excluding hydrogens is 224 g/mol. The van der Waals surface area contributed by atoms with Crippen LogP contribution in [0.2, 0.25) is 0 Å². The third kappa shape index (κ3) is 7.49. The SMILES string of the molecule is CC(C)C(=O)CCC(=O)OCOC(=O)C(C)C. The van der Waals surface area contributed by atoms with E-state index < -0.39 is 11.9 Å². The zero-order valence-electron chi connectivity index (χ0n) is 10.8. The first kappa shape index (κ1) is 15.6. The van der Waals surface area contributed by atoms with Gasteiger partial charge in [-0.3, -0.25) is 14.4 Å². The number of carbonyl (C=O) groups is 3. The summed E-state index contributed by atoms with van der Waals surface area (Å²) >= 11 is 0. The Morgan fingerprint density at radius 1 is 0.882 bits per heavy atom. The highest BCUT2D eigenvalue weighted by Crippen LogP contribution is 2.03.